The second-order valence-electron chi connectivity index (χ2n) is 4.48. The Bertz CT molecular complexity index is 440. The zero-order valence-electron chi connectivity index (χ0n) is 11.8. The molecule has 0 saturated carbocycles. The molecule has 1 atom stereocenters. The number of para-hydroxylation sites is 1. The number of ether oxygens (including phenoxy) is 2. The Balaban J connectivity index is 2.58. The number of amides is 1. The van der Waals surface area contributed by atoms with E-state index >= 15 is 0 Å². The van der Waals surface area contributed by atoms with E-state index in [1.165, 1.54) is 6.07 Å². The van der Waals surface area contributed by atoms with E-state index in [-0.39, 0.29) is 24.3 Å². The maximum Gasteiger partial charge on any atom is 0.258 e. The van der Waals surface area contributed by atoms with Crippen LogP contribution in [0.25, 0.3) is 0 Å². The minimum absolute atomic E-state index is 0.0903. The van der Waals surface area contributed by atoms with Gasteiger partial charge in [-0.15, -0.1) is 0 Å². The summed E-state index contributed by atoms with van der Waals surface area (Å²) in [6, 6.07) is 4.49. The van der Waals surface area contributed by atoms with Gasteiger partial charge in [0, 0.05) is 13.2 Å². The summed E-state index contributed by atoms with van der Waals surface area (Å²) in [5.41, 5.74) is 6.12. The molecule has 0 aliphatic carbocycles. The van der Waals surface area contributed by atoms with E-state index in [4.69, 9.17) is 15.2 Å². The monoisotopic (exact) mass is 284 g/mol. The van der Waals surface area contributed by atoms with Gasteiger partial charge in [0.05, 0.1) is 6.61 Å². The first kappa shape index (κ1) is 16.4. The van der Waals surface area contributed by atoms with Crippen LogP contribution in [0.4, 0.5) is 4.39 Å². The molecular weight excluding hydrogens is 263 g/mol. The molecule has 1 rings (SSSR count). The fraction of sp³-hybridized carbons (Fsp3) is 0.500. The molecule has 0 saturated heterocycles. The van der Waals surface area contributed by atoms with E-state index in [9.17, 15) is 9.18 Å². The van der Waals surface area contributed by atoms with Crippen molar-refractivity contribution in [3.8, 4) is 5.75 Å². The first-order chi connectivity index (χ1) is 9.58. The number of carbonyl (C=O) groups is 1. The highest BCUT2D eigenvalue weighted by Gasteiger charge is 2.12. The van der Waals surface area contributed by atoms with Crippen molar-refractivity contribution in [2.75, 3.05) is 26.9 Å². The van der Waals surface area contributed by atoms with Crippen molar-refractivity contribution in [3.05, 3.63) is 29.6 Å². The quantitative estimate of drug-likeness (QED) is 0.742. The van der Waals surface area contributed by atoms with Crippen LogP contribution in [0.3, 0.4) is 0 Å². The minimum atomic E-state index is -0.492. The lowest BCUT2D eigenvalue weighted by molar-refractivity contribution is -0.124. The highest BCUT2D eigenvalue weighted by Crippen LogP contribution is 2.22. The van der Waals surface area contributed by atoms with Crippen molar-refractivity contribution in [2.45, 2.75) is 19.4 Å². The van der Waals surface area contributed by atoms with Gasteiger partial charge in [-0.3, -0.25) is 4.79 Å². The summed E-state index contributed by atoms with van der Waals surface area (Å²) in [6.45, 7) is 2.36. The normalized spacial score (nSPS) is 12.0. The van der Waals surface area contributed by atoms with Crippen LogP contribution in [0.15, 0.2) is 18.2 Å². The molecule has 0 radical (unpaired) electrons. The smallest absolute Gasteiger partial charge is 0.258 e. The Morgan fingerprint density at radius 3 is 2.90 bits per heavy atom. The largest absolute Gasteiger partial charge is 0.480 e. The maximum atomic E-state index is 13.7. The third-order valence-electron chi connectivity index (χ3n) is 2.63. The Morgan fingerprint density at radius 1 is 1.50 bits per heavy atom. The van der Waals surface area contributed by atoms with Gasteiger partial charge in [0.1, 0.15) is 0 Å². The molecule has 6 heteroatoms. The third kappa shape index (κ3) is 5.14. The van der Waals surface area contributed by atoms with Crippen molar-refractivity contribution >= 4 is 5.91 Å². The van der Waals surface area contributed by atoms with E-state index in [0.29, 0.717) is 25.1 Å². The molecule has 1 aromatic rings. The first-order valence-electron chi connectivity index (χ1n) is 6.47. The standard InChI is InChI=1S/C14H21FN2O3/c1-10(8-19-2)17-13(18)9-20-14-11(6-7-16)4-3-5-12(14)15/h3-5,10H,6-9,16H2,1-2H3,(H,17,18). The highest BCUT2D eigenvalue weighted by molar-refractivity contribution is 5.77. The Labute approximate surface area is 118 Å². The van der Waals surface area contributed by atoms with E-state index in [0.717, 1.165) is 0 Å². The number of nitrogens with one attached hydrogen (secondary N) is 1. The predicted octanol–water partition coefficient (Wildman–Crippen LogP) is 0.857. The summed E-state index contributed by atoms with van der Waals surface area (Å²) in [7, 11) is 1.55. The van der Waals surface area contributed by atoms with Crippen LogP contribution in [-0.2, 0) is 16.0 Å². The SMILES string of the molecule is COCC(C)NC(=O)COc1c(F)cccc1CCN. The fourth-order valence-corrected chi connectivity index (χ4v) is 1.81. The molecule has 1 unspecified atom stereocenters. The second-order valence-corrected chi connectivity index (χ2v) is 4.48. The van der Waals surface area contributed by atoms with Crippen LogP contribution in [0.2, 0.25) is 0 Å². The van der Waals surface area contributed by atoms with Gasteiger partial charge in [-0.25, -0.2) is 4.39 Å². The van der Waals surface area contributed by atoms with Gasteiger partial charge >= 0.3 is 0 Å². The molecule has 20 heavy (non-hydrogen) atoms. The molecule has 1 aromatic carbocycles. The summed E-state index contributed by atoms with van der Waals surface area (Å²) in [6.07, 6.45) is 0.495. The molecule has 0 aliphatic heterocycles. The number of benzene rings is 1. The van der Waals surface area contributed by atoms with Gasteiger partial charge in [-0.2, -0.15) is 0 Å². The molecule has 0 fully saturated rings. The summed E-state index contributed by atoms with van der Waals surface area (Å²) in [4.78, 5) is 11.6. The van der Waals surface area contributed by atoms with E-state index in [2.05, 4.69) is 5.32 Å². The van der Waals surface area contributed by atoms with Gasteiger partial charge in [-0.1, -0.05) is 12.1 Å². The lowest BCUT2D eigenvalue weighted by Gasteiger charge is -2.15. The van der Waals surface area contributed by atoms with E-state index < -0.39 is 5.82 Å². The van der Waals surface area contributed by atoms with Crippen molar-refractivity contribution in [1.82, 2.24) is 5.32 Å². The van der Waals surface area contributed by atoms with Gasteiger partial charge in [0.15, 0.2) is 18.2 Å². The topological polar surface area (TPSA) is 73.6 Å². The molecular formula is C14H21FN2O3. The van der Waals surface area contributed by atoms with Gasteiger partial charge in [0.2, 0.25) is 0 Å². The van der Waals surface area contributed by atoms with Crippen LogP contribution < -0.4 is 15.8 Å². The maximum absolute atomic E-state index is 13.7. The molecule has 0 spiro atoms. The number of hydrogen-bond acceptors (Lipinski definition) is 4. The molecule has 0 aliphatic rings. The summed E-state index contributed by atoms with van der Waals surface area (Å²) in [5.74, 6) is -0.724. The molecule has 0 bridgehead atoms. The Morgan fingerprint density at radius 2 is 2.25 bits per heavy atom. The van der Waals surface area contributed by atoms with Gasteiger partial charge in [-0.05, 0) is 31.5 Å². The summed E-state index contributed by atoms with van der Waals surface area (Å²) in [5, 5.41) is 2.69. The number of nitrogens with two attached hydrogens (primary N) is 1. The molecule has 5 nitrogen and oxygen atoms in total. The second kappa shape index (κ2) is 8.50. The molecule has 0 heterocycles. The van der Waals surface area contributed by atoms with Crippen LogP contribution >= 0.6 is 0 Å². The number of rotatable bonds is 8. The average Bonchev–Trinajstić information content (AvgIpc) is 2.38. The van der Waals surface area contributed by atoms with Gasteiger partial charge in [0.25, 0.3) is 5.91 Å². The zero-order chi connectivity index (χ0) is 15.0. The van der Waals surface area contributed by atoms with E-state index in [1.807, 2.05) is 6.92 Å². The molecule has 112 valence electrons. The number of hydrogen-bond donors (Lipinski definition) is 2. The van der Waals surface area contributed by atoms with Crippen molar-refractivity contribution in [2.24, 2.45) is 5.73 Å². The minimum Gasteiger partial charge on any atom is -0.480 e. The van der Waals surface area contributed by atoms with Crippen LogP contribution in [0.1, 0.15) is 12.5 Å². The van der Waals surface area contributed by atoms with Crippen LogP contribution in [0, 0.1) is 5.82 Å². The predicted molar refractivity (Wildman–Crippen MR) is 74.1 cm³/mol. The lowest BCUT2D eigenvalue weighted by atomic mass is 10.1. The number of halogens is 1. The Hall–Kier alpha value is -1.66. The molecule has 1 amide bonds. The third-order valence-corrected chi connectivity index (χ3v) is 2.63. The van der Waals surface area contributed by atoms with Gasteiger partial charge < -0.3 is 20.5 Å². The highest BCUT2D eigenvalue weighted by atomic mass is 19.1. The van der Waals surface area contributed by atoms with Crippen LogP contribution in [0.5, 0.6) is 5.75 Å². The number of carbonyl (C=O) groups excluding carboxylic acids is 1. The zero-order valence-corrected chi connectivity index (χ0v) is 11.8. The van der Waals surface area contributed by atoms with Crippen molar-refractivity contribution in [3.63, 3.8) is 0 Å². The first-order valence-corrected chi connectivity index (χ1v) is 6.47. The Kier molecular flexibility index (Phi) is 6.97. The summed E-state index contributed by atoms with van der Waals surface area (Å²) >= 11 is 0. The number of methoxy groups -OCH3 is 1. The van der Waals surface area contributed by atoms with Crippen molar-refractivity contribution in [1.29, 1.82) is 0 Å². The molecule has 3 N–H and O–H groups in total. The van der Waals surface area contributed by atoms with Crippen LogP contribution in [-0.4, -0.2) is 38.8 Å². The lowest BCUT2D eigenvalue weighted by Crippen LogP contribution is -2.38. The summed E-state index contributed by atoms with van der Waals surface area (Å²) < 4.78 is 23.9. The van der Waals surface area contributed by atoms with Crippen molar-refractivity contribution < 1.29 is 18.7 Å². The fourth-order valence-electron chi connectivity index (χ4n) is 1.81. The molecule has 0 aromatic heterocycles. The average molecular weight is 284 g/mol. The van der Waals surface area contributed by atoms with E-state index in [1.54, 1.807) is 19.2 Å².